The van der Waals surface area contributed by atoms with Crippen LogP contribution in [0.5, 0.6) is 0 Å². The summed E-state index contributed by atoms with van der Waals surface area (Å²) in [7, 11) is 3.30. The Kier molecular flexibility index (Phi) is 11.6. The predicted molar refractivity (Wildman–Crippen MR) is 120 cm³/mol. The van der Waals surface area contributed by atoms with Crippen LogP contribution < -0.4 is 10.6 Å². The second-order valence-electron chi connectivity index (χ2n) is 7.07. The van der Waals surface area contributed by atoms with Gasteiger partial charge < -0.3 is 25.5 Å². The summed E-state index contributed by atoms with van der Waals surface area (Å²) in [6, 6.07) is 2.27. The Morgan fingerprint density at radius 2 is 1.90 bits per heavy atom. The number of carbonyl (C=O) groups excluding carboxylic acids is 2. The molecule has 1 rings (SSSR count). The predicted octanol–water partition coefficient (Wildman–Crippen LogP) is 1.88. The van der Waals surface area contributed by atoms with Crippen molar-refractivity contribution in [2.75, 3.05) is 33.7 Å². The average Bonchev–Trinajstić information content (AvgIpc) is 2.77. The van der Waals surface area contributed by atoms with Gasteiger partial charge in [-0.05, 0) is 31.4 Å². The largest absolute Gasteiger partial charge is 0.478 e. The standard InChI is InChI=1S/C22H33N5O4/c1-5-12-27(13-6-2)20(28)19(9-7-8-14-26(4)22(31)23-3)25-16-18-15-17(21(29)30)10-11-24-18/h5-6,10-11,15,19,25H,1-2,7-9,12-14,16H2,3-4H3,(H,23,31)(H,29,30)/t19-/m0/s1. The molecule has 9 heteroatoms. The van der Waals surface area contributed by atoms with Gasteiger partial charge in [0.05, 0.1) is 17.3 Å². The Labute approximate surface area is 183 Å². The number of amides is 3. The van der Waals surface area contributed by atoms with E-state index in [0.29, 0.717) is 31.7 Å². The Morgan fingerprint density at radius 1 is 1.23 bits per heavy atom. The second kappa shape index (κ2) is 13.9. The smallest absolute Gasteiger partial charge is 0.335 e. The summed E-state index contributed by atoms with van der Waals surface area (Å²) >= 11 is 0. The molecule has 1 aromatic rings. The van der Waals surface area contributed by atoms with Gasteiger partial charge in [0.25, 0.3) is 0 Å². The highest BCUT2D eigenvalue weighted by molar-refractivity contribution is 5.87. The van der Waals surface area contributed by atoms with Gasteiger partial charge in [0.1, 0.15) is 0 Å². The van der Waals surface area contributed by atoms with Gasteiger partial charge in [0, 0.05) is 46.5 Å². The molecule has 0 saturated carbocycles. The van der Waals surface area contributed by atoms with Crippen LogP contribution in [0.3, 0.4) is 0 Å². The molecule has 170 valence electrons. The van der Waals surface area contributed by atoms with E-state index in [2.05, 4.69) is 28.8 Å². The second-order valence-corrected chi connectivity index (χ2v) is 7.07. The highest BCUT2D eigenvalue weighted by Gasteiger charge is 2.23. The summed E-state index contributed by atoms with van der Waals surface area (Å²) in [5.74, 6) is -1.12. The first kappa shape index (κ1) is 25.8. The van der Waals surface area contributed by atoms with Crippen molar-refractivity contribution in [3.05, 3.63) is 54.9 Å². The Balaban J connectivity index is 2.81. The third kappa shape index (κ3) is 9.00. The Bertz CT molecular complexity index is 758. The molecule has 9 nitrogen and oxygen atoms in total. The summed E-state index contributed by atoms with van der Waals surface area (Å²) in [5, 5.41) is 14.9. The highest BCUT2D eigenvalue weighted by atomic mass is 16.4. The monoisotopic (exact) mass is 431 g/mol. The lowest BCUT2D eigenvalue weighted by Gasteiger charge is -2.26. The zero-order valence-corrected chi connectivity index (χ0v) is 18.3. The Morgan fingerprint density at radius 3 is 2.48 bits per heavy atom. The number of hydrogen-bond donors (Lipinski definition) is 3. The molecule has 0 spiro atoms. The van der Waals surface area contributed by atoms with Crippen molar-refractivity contribution in [3.8, 4) is 0 Å². The lowest BCUT2D eigenvalue weighted by molar-refractivity contribution is -0.132. The van der Waals surface area contributed by atoms with E-state index < -0.39 is 12.0 Å². The van der Waals surface area contributed by atoms with Crippen LogP contribution in [-0.2, 0) is 11.3 Å². The average molecular weight is 432 g/mol. The molecular formula is C22H33N5O4. The number of hydrogen-bond acceptors (Lipinski definition) is 5. The van der Waals surface area contributed by atoms with E-state index in [9.17, 15) is 14.4 Å². The summed E-state index contributed by atoms with van der Waals surface area (Å²) in [6.07, 6.45) is 6.79. The zero-order valence-electron chi connectivity index (χ0n) is 18.3. The maximum atomic E-state index is 13.1. The van der Waals surface area contributed by atoms with Crippen molar-refractivity contribution < 1.29 is 19.5 Å². The molecule has 31 heavy (non-hydrogen) atoms. The van der Waals surface area contributed by atoms with Gasteiger partial charge in [-0.25, -0.2) is 9.59 Å². The van der Waals surface area contributed by atoms with Crippen molar-refractivity contribution in [3.63, 3.8) is 0 Å². The fourth-order valence-corrected chi connectivity index (χ4v) is 3.02. The first-order chi connectivity index (χ1) is 14.8. The van der Waals surface area contributed by atoms with Gasteiger partial charge in [0.15, 0.2) is 0 Å². The number of urea groups is 1. The normalized spacial score (nSPS) is 11.3. The van der Waals surface area contributed by atoms with Crippen LogP contribution in [0, 0.1) is 0 Å². The molecule has 0 radical (unpaired) electrons. The van der Waals surface area contributed by atoms with Crippen molar-refractivity contribution in [1.82, 2.24) is 25.4 Å². The van der Waals surface area contributed by atoms with Crippen LogP contribution in [0.1, 0.15) is 35.3 Å². The third-order valence-electron chi connectivity index (χ3n) is 4.70. The van der Waals surface area contributed by atoms with Gasteiger partial charge in [-0.3, -0.25) is 9.78 Å². The zero-order chi connectivity index (χ0) is 23.2. The number of pyridine rings is 1. The van der Waals surface area contributed by atoms with Crippen LogP contribution in [0.15, 0.2) is 43.6 Å². The van der Waals surface area contributed by atoms with Crippen molar-refractivity contribution >= 4 is 17.9 Å². The Hall–Kier alpha value is -3.20. The molecule has 1 aromatic heterocycles. The molecule has 0 fully saturated rings. The molecule has 3 N–H and O–H groups in total. The quantitative estimate of drug-likeness (QED) is 0.306. The summed E-state index contributed by atoms with van der Waals surface area (Å²) in [4.78, 5) is 43.3. The van der Waals surface area contributed by atoms with E-state index in [1.54, 1.807) is 36.0 Å². The number of aromatic nitrogens is 1. The van der Waals surface area contributed by atoms with Crippen molar-refractivity contribution in [2.24, 2.45) is 0 Å². The maximum absolute atomic E-state index is 13.1. The van der Waals surface area contributed by atoms with Gasteiger partial charge in [-0.1, -0.05) is 12.2 Å². The van der Waals surface area contributed by atoms with E-state index in [1.165, 1.54) is 18.3 Å². The maximum Gasteiger partial charge on any atom is 0.335 e. The lowest BCUT2D eigenvalue weighted by Crippen LogP contribution is -2.46. The number of nitrogens with zero attached hydrogens (tertiary/aromatic N) is 3. The molecule has 0 aliphatic rings. The summed E-state index contributed by atoms with van der Waals surface area (Å²) in [6.45, 7) is 9.04. The number of carboxylic acid groups (broad SMARTS) is 1. The van der Waals surface area contributed by atoms with Crippen LogP contribution in [0.2, 0.25) is 0 Å². The van der Waals surface area contributed by atoms with Crippen LogP contribution >= 0.6 is 0 Å². The van der Waals surface area contributed by atoms with E-state index in [1.807, 2.05) is 0 Å². The molecule has 1 heterocycles. The van der Waals surface area contributed by atoms with Crippen molar-refractivity contribution in [2.45, 2.75) is 31.8 Å². The minimum Gasteiger partial charge on any atom is -0.478 e. The number of carboxylic acids is 1. The molecule has 3 amide bonds. The number of unbranched alkanes of at least 4 members (excludes halogenated alkanes) is 1. The van der Waals surface area contributed by atoms with E-state index in [-0.39, 0.29) is 24.0 Å². The molecular weight excluding hydrogens is 398 g/mol. The third-order valence-corrected chi connectivity index (χ3v) is 4.70. The first-order valence-electron chi connectivity index (χ1n) is 10.2. The SMILES string of the molecule is C=CCN(CC=C)C(=O)[C@H](CCCCN(C)C(=O)NC)NCc1cc(C(=O)O)ccn1. The molecule has 0 unspecified atom stereocenters. The summed E-state index contributed by atoms with van der Waals surface area (Å²) in [5.41, 5.74) is 0.683. The number of aromatic carboxylic acids is 1. The minimum absolute atomic E-state index is 0.0890. The topological polar surface area (TPSA) is 115 Å². The number of carbonyl (C=O) groups is 3. The number of rotatable bonds is 14. The van der Waals surface area contributed by atoms with Gasteiger partial charge in [-0.15, -0.1) is 13.2 Å². The van der Waals surface area contributed by atoms with Crippen LogP contribution in [-0.4, -0.2) is 77.6 Å². The van der Waals surface area contributed by atoms with E-state index in [0.717, 1.165) is 12.8 Å². The highest BCUT2D eigenvalue weighted by Crippen LogP contribution is 2.09. The molecule has 0 aliphatic carbocycles. The van der Waals surface area contributed by atoms with E-state index >= 15 is 0 Å². The van der Waals surface area contributed by atoms with Crippen molar-refractivity contribution in [1.29, 1.82) is 0 Å². The fraction of sp³-hybridized carbons (Fsp3) is 0.455. The van der Waals surface area contributed by atoms with E-state index in [4.69, 9.17) is 5.11 Å². The molecule has 1 atom stereocenters. The minimum atomic E-state index is -1.03. The molecule has 0 aliphatic heterocycles. The van der Waals surface area contributed by atoms with Gasteiger partial charge in [-0.2, -0.15) is 0 Å². The molecule has 0 aromatic carbocycles. The lowest BCUT2D eigenvalue weighted by atomic mass is 10.1. The van der Waals surface area contributed by atoms with Crippen LogP contribution in [0.25, 0.3) is 0 Å². The van der Waals surface area contributed by atoms with Crippen LogP contribution in [0.4, 0.5) is 4.79 Å². The fourth-order valence-electron chi connectivity index (χ4n) is 3.02. The summed E-state index contributed by atoms with van der Waals surface area (Å²) < 4.78 is 0. The first-order valence-corrected chi connectivity index (χ1v) is 10.2. The van der Waals surface area contributed by atoms with Gasteiger partial charge >= 0.3 is 12.0 Å². The molecule has 0 saturated heterocycles. The molecule has 0 bridgehead atoms. The number of nitrogens with one attached hydrogen (secondary N) is 2. The van der Waals surface area contributed by atoms with Gasteiger partial charge in [0.2, 0.25) is 5.91 Å².